The van der Waals surface area contributed by atoms with E-state index in [0.717, 1.165) is 5.56 Å². The summed E-state index contributed by atoms with van der Waals surface area (Å²) >= 11 is 16.9. The molecule has 2 nitrogen and oxygen atoms in total. The molecular formula is C11H13Cl3O2Si. The van der Waals surface area contributed by atoms with E-state index in [0.29, 0.717) is 12.4 Å². The lowest BCUT2D eigenvalue weighted by molar-refractivity contribution is 0.0542. The Morgan fingerprint density at radius 3 is 2.41 bits per heavy atom. The van der Waals surface area contributed by atoms with Crippen molar-refractivity contribution in [1.29, 1.82) is 0 Å². The molecule has 0 aromatic heterocycles. The molecule has 0 aliphatic carbocycles. The predicted octanol–water partition coefficient (Wildman–Crippen LogP) is 4.27. The van der Waals surface area contributed by atoms with Crippen molar-refractivity contribution in [2.45, 2.75) is 19.6 Å². The molecule has 0 aliphatic rings. The monoisotopic (exact) mass is 310 g/mol. The number of rotatable bonds is 6. The number of ether oxygens (including phenoxy) is 1. The maximum absolute atomic E-state index is 5.62. The van der Waals surface area contributed by atoms with Gasteiger partial charge in [-0.15, -0.1) is 0 Å². The van der Waals surface area contributed by atoms with Gasteiger partial charge in [-0.05, 0) is 12.5 Å². The molecule has 6 heteroatoms. The van der Waals surface area contributed by atoms with Gasteiger partial charge in [-0.1, -0.05) is 70.1 Å². The topological polar surface area (TPSA) is 18.5 Å². The van der Waals surface area contributed by atoms with Gasteiger partial charge in [0.25, 0.3) is 0 Å². The fourth-order valence-corrected chi connectivity index (χ4v) is 2.48. The van der Waals surface area contributed by atoms with Crippen molar-refractivity contribution in [2.75, 3.05) is 0 Å². The van der Waals surface area contributed by atoms with Crippen LogP contribution < -0.4 is 0 Å². The summed E-state index contributed by atoms with van der Waals surface area (Å²) in [7, 11) is 0. The van der Waals surface area contributed by atoms with Crippen molar-refractivity contribution >= 4 is 39.5 Å². The Morgan fingerprint density at radius 1 is 1.29 bits per heavy atom. The Kier molecular flexibility index (Phi) is 5.83. The van der Waals surface area contributed by atoms with Crippen LogP contribution in [0.1, 0.15) is 12.5 Å². The average Bonchev–Trinajstić information content (AvgIpc) is 2.25. The smallest absolute Gasteiger partial charge is 0.510 e. The van der Waals surface area contributed by atoms with Gasteiger partial charge in [0.15, 0.2) is 0 Å². The van der Waals surface area contributed by atoms with Gasteiger partial charge in [-0.2, -0.15) is 0 Å². The molecule has 0 saturated carbocycles. The highest BCUT2D eigenvalue weighted by Gasteiger charge is 2.31. The SMILES string of the molecule is C=C(O[Si](Cl)(Cl)Cl)[C@@H](C)OCc1ccccc1. The van der Waals surface area contributed by atoms with E-state index in [1.54, 1.807) is 6.92 Å². The molecule has 0 spiro atoms. The van der Waals surface area contributed by atoms with Crippen LogP contribution in [-0.4, -0.2) is 12.4 Å². The molecule has 0 amide bonds. The number of halogens is 3. The largest absolute Gasteiger partial charge is 0.555 e. The highest BCUT2D eigenvalue weighted by Crippen LogP contribution is 2.25. The van der Waals surface area contributed by atoms with E-state index in [1.807, 2.05) is 30.3 Å². The Hall–Kier alpha value is -0.193. The Labute approximate surface area is 116 Å². The highest BCUT2D eigenvalue weighted by molar-refractivity contribution is 7.62. The molecular weight excluding hydrogens is 299 g/mol. The lowest BCUT2D eigenvalue weighted by Gasteiger charge is -2.20. The van der Waals surface area contributed by atoms with E-state index in [-0.39, 0.29) is 6.10 Å². The van der Waals surface area contributed by atoms with Crippen LogP contribution in [0.5, 0.6) is 0 Å². The maximum Gasteiger partial charge on any atom is 0.555 e. The van der Waals surface area contributed by atoms with Gasteiger partial charge in [0.1, 0.15) is 11.9 Å². The summed E-state index contributed by atoms with van der Waals surface area (Å²) in [5.41, 5.74) is 1.07. The Bertz CT molecular complexity index is 365. The van der Waals surface area contributed by atoms with E-state index >= 15 is 0 Å². The van der Waals surface area contributed by atoms with Gasteiger partial charge in [0, 0.05) is 0 Å². The molecule has 1 aromatic rings. The average molecular weight is 312 g/mol. The maximum atomic E-state index is 5.62. The van der Waals surface area contributed by atoms with Crippen molar-refractivity contribution in [3.8, 4) is 0 Å². The summed E-state index contributed by atoms with van der Waals surface area (Å²) in [4.78, 5) is 0. The predicted molar refractivity (Wildman–Crippen MR) is 74.2 cm³/mol. The zero-order valence-corrected chi connectivity index (χ0v) is 12.6. The first-order chi connectivity index (χ1) is 7.88. The summed E-state index contributed by atoms with van der Waals surface area (Å²) in [6.07, 6.45) is -3.48. The molecule has 0 heterocycles. The zero-order valence-electron chi connectivity index (χ0n) is 9.33. The van der Waals surface area contributed by atoms with Gasteiger partial charge in [-0.25, -0.2) is 0 Å². The number of hydrogen-bond donors (Lipinski definition) is 0. The Morgan fingerprint density at radius 2 is 1.88 bits per heavy atom. The summed E-state index contributed by atoms with van der Waals surface area (Å²) < 4.78 is 10.7. The minimum Gasteiger partial charge on any atom is -0.510 e. The quantitative estimate of drug-likeness (QED) is 0.444. The molecule has 0 saturated heterocycles. The molecule has 1 atom stereocenters. The third kappa shape index (κ3) is 6.34. The lowest BCUT2D eigenvalue weighted by Crippen LogP contribution is -2.22. The molecule has 0 N–H and O–H groups in total. The van der Waals surface area contributed by atoms with Gasteiger partial charge < -0.3 is 9.16 Å². The minimum atomic E-state index is -3.15. The van der Waals surface area contributed by atoms with E-state index in [2.05, 4.69) is 6.58 Å². The molecule has 1 aromatic carbocycles. The standard InChI is InChI=1S/C11H13Cl3O2Si/c1-9(10(2)16-17(12,13)14)15-8-11-6-4-3-5-7-11/h3-7,9H,2,8H2,1H3/t9-/m1/s1. The van der Waals surface area contributed by atoms with Crippen molar-refractivity contribution in [3.63, 3.8) is 0 Å². The first-order valence-electron chi connectivity index (χ1n) is 4.98. The second kappa shape index (κ2) is 6.66. The normalized spacial score (nSPS) is 13.2. The van der Waals surface area contributed by atoms with E-state index in [1.165, 1.54) is 0 Å². The molecule has 0 bridgehead atoms. The van der Waals surface area contributed by atoms with Crippen LogP contribution in [0.15, 0.2) is 42.7 Å². The molecule has 0 fully saturated rings. The second-order valence-corrected chi connectivity index (χ2v) is 11.1. The van der Waals surface area contributed by atoms with E-state index in [9.17, 15) is 0 Å². The molecule has 0 unspecified atom stereocenters. The molecule has 0 aliphatic heterocycles. The van der Waals surface area contributed by atoms with Gasteiger partial charge in [0.2, 0.25) is 0 Å². The molecule has 0 radical (unpaired) electrons. The first-order valence-corrected chi connectivity index (χ1v) is 9.93. The number of hydrogen-bond acceptors (Lipinski definition) is 2. The van der Waals surface area contributed by atoms with Gasteiger partial charge >= 0.3 is 6.25 Å². The van der Waals surface area contributed by atoms with Crippen LogP contribution in [0.25, 0.3) is 0 Å². The highest BCUT2D eigenvalue weighted by atomic mass is 35.8. The third-order valence-corrected chi connectivity index (χ3v) is 3.23. The first kappa shape index (κ1) is 14.9. The lowest BCUT2D eigenvalue weighted by atomic mass is 10.2. The van der Waals surface area contributed by atoms with Crippen molar-refractivity contribution in [2.24, 2.45) is 0 Å². The second-order valence-electron chi connectivity index (χ2n) is 3.45. The van der Waals surface area contributed by atoms with Crippen LogP contribution in [0, 0.1) is 0 Å². The van der Waals surface area contributed by atoms with Crippen LogP contribution in [0.3, 0.4) is 0 Å². The minimum absolute atomic E-state index is 0.321. The van der Waals surface area contributed by atoms with Crippen LogP contribution in [-0.2, 0) is 15.8 Å². The molecule has 94 valence electrons. The zero-order chi connectivity index (χ0) is 12.9. The van der Waals surface area contributed by atoms with Gasteiger partial charge in [0.05, 0.1) is 6.61 Å². The van der Waals surface area contributed by atoms with Crippen LogP contribution in [0.2, 0.25) is 0 Å². The molecule has 17 heavy (non-hydrogen) atoms. The van der Waals surface area contributed by atoms with Crippen molar-refractivity contribution in [3.05, 3.63) is 48.2 Å². The van der Waals surface area contributed by atoms with Crippen molar-refractivity contribution < 1.29 is 9.16 Å². The summed E-state index contributed by atoms with van der Waals surface area (Å²) in [6.45, 7) is 5.95. The summed E-state index contributed by atoms with van der Waals surface area (Å²) in [6, 6.07) is 9.79. The third-order valence-electron chi connectivity index (χ3n) is 2.04. The summed E-state index contributed by atoms with van der Waals surface area (Å²) in [5.74, 6) is 0.340. The van der Waals surface area contributed by atoms with E-state index in [4.69, 9.17) is 42.4 Å². The van der Waals surface area contributed by atoms with E-state index < -0.39 is 6.25 Å². The Balaban J connectivity index is 2.40. The number of benzene rings is 1. The van der Waals surface area contributed by atoms with Crippen LogP contribution in [0.4, 0.5) is 0 Å². The van der Waals surface area contributed by atoms with Crippen LogP contribution >= 0.6 is 33.2 Å². The summed E-state index contributed by atoms with van der Waals surface area (Å²) in [5, 5.41) is 0. The fourth-order valence-electron chi connectivity index (χ4n) is 1.12. The fraction of sp³-hybridized carbons (Fsp3) is 0.273. The molecule has 1 rings (SSSR count). The van der Waals surface area contributed by atoms with Crippen molar-refractivity contribution in [1.82, 2.24) is 0 Å². The van der Waals surface area contributed by atoms with Gasteiger partial charge in [-0.3, -0.25) is 0 Å².